The molecule has 2 rings (SSSR count). The van der Waals surface area contributed by atoms with E-state index in [0.29, 0.717) is 5.69 Å². The van der Waals surface area contributed by atoms with E-state index < -0.39 is 15.9 Å². The summed E-state index contributed by atoms with van der Waals surface area (Å²) in [5, 5.41) is 6.74. The lowest BCUT2D eigenvalue weighted by Gasteiger charge is -2.07. The maximum Gasteiger partial charge on any atom is 0.275 e. The molecule has 1 amide bonds. The zero-order valence-corrected chi connectivity index (χ0v) is 12.9. The molecule has 0 bridgehead atoms. The Morgan fingerprint density at radius 2 is 1.90 bits per heavy atom. The molecule has 0 atom stereocenters. The number of nitrogens with zero attached hydrogens (tertiary/aromatic N) is 2. The van der Waals surface area contributed by atoms with Gasteiger partial charge in [-0.2, -0.15) is 5.10 Å². The van der Waals surface area contributed by atoms with E-state index in [-0.39, 0.29) is 15.6 Å². The number of benzene rings is 1. The van der Waals surface area contributed by atoms with Gasteiger partial charge in [0, 0.05) is 12.7 Å². The molecule has 0 saturated heterocycles. The lowest BCUT2D eigenvalue weighted by molar-refractivity contribution is 0.101. The third-order valence-corrected chi connectivity index (χ3v) is 4.51. The van der Waals surface area contributed by atoms with E-state index in [0.717, 1.165) is 0 Å². The van der Waals surface area contributed by atoms with E-state index in [2.05, 4.69) is 15.1 Å². The first-order chi connectivity index (χ1) is 9.85. The van der Waals surface area contributed by atoms with Gasteiger partial charge in [0.1, 0.15) is 5.69 Å². The summed E-state index contributed by atoms with van der Waals surface area (Å²) in [5.74, 6) is -0.427. The van der Waals surface area contributed by atoms with Crippen LogP contribution in [0.1, 0.15) is 10.5 Å². The van der Waals surface area contributed by atoms with Crippen LogP contribution in [0.15, 0.2) is 35.4 Å². The van der Waals surface area contributed by atoms with Crippen LogP contribution >= 0.6 is 11.6 Å². The van der Waals surface area contributed by atoms with Crippen molar-refractivity contribution in [2.45, 2.75) is 4.90 Å². The molecule has 0 radical (unpaired) electrons. The summed E-state index contributed by atoms with van der Waals surface area (Å²) in [5.41, 5.74) is 0.677. The van der Waals surface area contributed by atoms with Crippen molar-refractivity contribution in [2.75, 3.05) is 12.4 Å². The molecule has 0 aliphatic carbocycles. The maximum atomic E-state index is 12.1. The Hall–Kier alpha value is -1.90. The van der Waals surface area contributed by atoms with Gasteiger partial charge in [-0.3, -0.25) is 9.48 Å². The lowest BCUT2D eigenvalue weighted by Crippen LogP contribution is -2.19. The molecular weight excluding hydrogens is 316 g/mol. The minimum Gasteiger partial charge on any atom is -0.321 e. The van der Waals surface area contributed by atoms with E-state index in [9.17, 15) is 13.2 Å². The second-order valence-electron chi connectivity index (χ2n) is 4.15. The summed E-state index contributed by atoms with van der Waals surface area (Å²) in [6.07, 6.45) is 1.37. The van der Waals surface area contributed by atoms with Gasteiger partial charge in [0.25, 0.3) is 5.91 Å². The smallest absolute Gasteiger partial charge is 0.275 e. The molecule has 0 aliphatic heterocycles. The topological polar surface area (TPSA) is 93.1 Å². The van der Waals surface area contributed by atoms with Crippen LogP contribution in [0.25, 0.3) is 0 Å². The van der Waals surface area contributed by atoms with Crippen molar-refractivity contribution in [3.63, 3.8) is 0 Å². The molecule has 7 nitrogen and oxygen atoms in total. The van der Waals surface area contributed by atoms with Crippen LogP contribution in [-0.2, 0) is 17.1 Å². The van der Waals surface area contributed by atoms with Crippen molar-refractivity contribution >= 4 is 33.2 Å². The van der Waals surface area contributed by atoms with Crippen LogP contribution in [0.3, 0.4) is 0 Å². The number of carbonyl (C=O) groups is 1. The molecule has 0 unspecified atom stereocenters. The summed E-state index contributed by atoms with van der Waals surface area (Å²) in [6, 6.07) is 5.78. The molecule has 0 fully saturated rings. The van der Waals surface area contributed by atoms with Crippen molar-refractivity contribution in [2.24, 2.45) is 7.05 Å². The Bertz CT molecular complexity index is 749. The van der Waals surface area contributed by atoms with Crippen LogP contribution in [-0.4, -0.2) is 31.2 Å². The predicted octanol–water partition coefficient (Wildman–Crippen LogP) is 1.23. The molecule has 0 spiro atoms. The molecule has 0 aliphatic rings. The van der Waals surface area contributed by atoms with Crippen molar-refractivity contribution in [1.82, 2.24) is 14.5 Å². The van der Waals surface area contributed by atoms with Gasteiger partial charge in [-0.05, 0) is 31.3 Å². The molecular formula is C12H13ClN4O3S. The monoisotopic (exact) mass is 328 g/mol. The molecule has 9 heteroatoms. The van der Waals surface area contributed by atoms with E-state index in [4.69, 9.17) is 11.6 Å². The van der Waals surface area contributed by atoms with Gasteiger partial charge in [-0.15, -0.1) is 0 Å². The first-order valence-corrected chi connectivity index (χ1v) is 7.73. The predicted molar refractivity (Wildman–Crippen MR) is 78.9 cm³/mol. The van der Waals surface area contributed by atoms with Gasteiger partial charge >= 0.3 is 0 Å². The average Bonchev–Trinajstić information content (AvgIpc) is 2.78. The normalized spacial score (nSPS) is 11.4. The van der Waals surface area contributed by atoms with Crippen LogP contribution in [0.2, 0.25) is 5.02 Å². The Kier molecular flexibility index (Phi) is 4.31. The quantitative estimate of drug-likeness (QED) is 0.883. The Morgan fingerprint density at radius 1 is 1.29 bits per heavy atom. The maximum absolute atomic E-state index is 12.1. The van der Waals surface area contributed by atoms with E-state index >= 15 is 0 Å². The Morgan fingerprint density at radius 3 is 2.38 bits per heavy atom. The molecule has 1 aromatic heterocycles. The SMILES string of the molecule is CNS(=O)(=O)c1ccc(NC(=O)c2c(Cl)cnn2C)cc1. The zero-order valence-electron chi connectivity index (χ0n) is 11.3. The molecule has 2 N–H and O–H groups in total. The minimum absolute atomic E-state index is 0.113. The first kappa shape index (κ1) is 15.5. The standard InChI is InChI=1S/C12H13ClN4O3S/c1-14-21(19,20)9-5-3-8(4-6-9)16-12(18)11-10(13)7-15-17(11)2/h3-7,14H,1-2H3,(H,16,18). The fraction of sp³-hybridized carbons (Fsp3) is 0.167. The number of anilines is 1. The number of aryl methyl sites for hydroxylation is 1. The number of amides is 1. The highest BCUT2D eigenvalue weighted by molar-refractivity contribution is 7.89. The summed E-state index contributed by atoms with van der Waals surface area (Å²) in [7, 11) is -0.569. The number of rotatable bonds is 4. The number of carbonyl (C=O) groups excluding carboxylic acids is 1. The highest BCUT2D eigenvalue weighted by Crippen LogP contribution is 2.18. The van der Waals surface area contributed by atoms with Gasteiger partial charge in [0.2, 0.25) is 10.0 Å². The fourth-order valence-corrected chi connectivity index (χ4v) is 2.67. The molecule has 1 heterocycles. The Balaban J connectivity index is 2.20. The zero-order chi connectivity index (χ0) is 15.6. The third kappa shape index (κ3) is 3.23. The number of hydrogen-bond donors (Lipinski definition) is 2. The number of halogens is 1. The molecule has 2 aromatic rings. The van der Waals surface area contributed by atoms with E-state index in [1.807, 2.05) is 0 Å². The van der Waals surface area contributed by atoms with Crippen molar-refractivity contribution in [3.8, 4) is 0 Å². The highest BCUT2D eigenvalue weighted by atomic mass is 35.5. The average molecular weight is 329 g/mol. The van der Waals surface area contributed by atoms with Crippen LogP contribution in [0, 0.1) is 0 Å². The van der Waals surface area contributed by atoms with Crippen molar-refractivity contribution < 1.29 is 13.2 Å². The van der Waals surface area contributed by atoms with Crippen molar-refractivity contribution in [3.05, 3.63) is 41.2 Å². The minimum atomic E-state index is -3.50. The highest BCUT2D eigenvalue weighted by Gasteiger charge is 2.16. The number of hydrogen-bond acceptors (Lipinski definition) is 4. The van der Waals surface area contributed by atoms with Crippen LogP contribution < -0.4 is 10.0 Å². The summed E-state index contributed by atoms with van der Waals surface area (Å²) < 4.78 is 26.7. The second kappa shape index (κ2) is 5.84. The first-order valence-electron chi connectivity index (χ1n) is 5.87. The Labute approximate surface area is 127 Å². The molecule has 0 saturated carbocycles. The van der Waals surface area contributed by atoms with Gasteiger partial charge < -0.3 is 5.32 Å². The third-order valence-electron chi connectivity index (χ3n) is 2.80. The van der Waals surface area contributed by atoms with Crippen molar-refractivity contribution in [1.29, 1.82) is 0 Å². The fourth-order valence-electron chi connectivity index (χ4n) is 1.69. The van der Waals surface area contributed by atoms with Gasteiger partial charge in [0.15, 0.2) is 0 Å². The number of nitrogens with one attached hydrogen (secondary N) is 2. The van der Waals surface area contributed by atoms with Gasteiger partial charge in [-0.25, -0.2) is 13.1 Å². The van der Waals surface area contributed by atoms with Crippen LogP contribution in [0.5, 0.6) is 0 Å². The van der Waals surface area contributed by atoms with Gasteiger partial charge in [-0.1, -0.05) is 11.6 Å². The summed E-state index contributed by atoms with van der Waals surface area (Å²) in [6.45, 7) is 0. The summed E-state index contributed by atoms with van der Waals surface area (Å²) in [4.78, 5) is 12.2. The van der Waals surface area contributed by atoms with Crippen LogP contribution in [0.4, 0.5) is 5.69 Å². The largest absolute Gasteiger partial charge is 0.321 e. The van der Waals surface area contributed by atoms with Gasteiger partial charge in [0.05, 0.1) is 16.1 Å². The number of sulfonamides is 1. The number of aromatic nitrogens is 2. The lowest BCUT2D eigenvalue weighted by atomic mass is 10.3. The molecule has 112 valence electrons. The molecule has 1 aromatic carbocycles. The van der Waals surface area contributed by atoms with E-state index in [1.54, 1.807) is 7.05 Å². The summed E-state index contributed by atoms with van der Waals surface area (Å²) >= 11 is 5.88. The molecule has 21 heavy (non-hydrogen) atoms. The second-order valence-corrected chi connectivity index (χ2v) is 6.44. The van der Waals surface area contributed by atoms with E-state index in [1.165, 1.54) is 42.2 Å².